The normalized spacial score (nSPS) is 34.3. The predicted octanol–water partition coefficient (Wildman–Crippen LogP) is 0.460. The van der Waals surface area contributed by atoms with Crippen LogP contribution < -0.4 is 5.56 Å². The number of pyridine rings is 1. The highest BCUT2D eigenvalue weighted by Crippen LogP contribution is 2.42. The molecule has 0 spiro atoms. The first kappa shape index (κ1) is 17.0. The maximum Gasteiger partial charge on any atom is 0.251 e. The molecule has 7 nitrogen and oxygen atoms in total. The SMILES string of the molecule is CC(=O)N1C[C@H]2C[C@@H](C1)[C@H](C(=O)N1C[C@H]3COC[C@H]3C1)n1c2cccc1=O. The Balaban J connectivity index is 1.52. The summed E-state index contributed by atoms with van der Waals surface area (Å²) in [4.78, 5) is 42.1. The number of aromatic nitrogens is 1. The van der Waals surface area contributed by atoms with E-state index >= 15 is 0 Å². The predicted molar refractivity (Wildman–Crippen MR) is 97.2 cm³/mol. The van der Waals surface area contributed by atoms with Gasteiger partial charge in [-0.25, -0.2) is 0 Å². The summed E-state index contributed by atoms with van der Waals surface area (Å²) in [5, 5.41) is 0. The van der Waals surface area contributed by atoms with Gasteiger partial charge in [-0.05, 0) is 12.5 Å². The van der Waals surface area contributed by atoms with Crippen molar-refractivity contribution in [3.8, 4) is 0 Å². The monoisotopic (exact) mass is 371 g/mol. The van der Waals surface area contributed by atoms with Gasteiger partial charge in [0.15, 0.2) is 0 Å². The molecule has 0 N–H and O–H groups in total. The number of likely N-dealkylation sites (tertiary alicyclic amines) is 2. The van der Waals surface area contributed by atoms with Gasteiger partial charge in [-0.3, -0.25) is 19.0 Å². The molecule has 1 aromatic rings. The number of hydrogen-bond donors (Lipinski definition) is 0. The van der Waals surface area contributed by atoms with E-state index in [1.807, 2.05) is 15.9 Å². The van der Waals surface area contributed by atoms with Crippen LogP contribution in [0.2, 0.25) is 0 Å². The molecule has 4 aliphatic heterocycles. The molecular formula is C20H25N3O4. The van der Waals surface area contributed by atoms with E-state index in [9.17, 15) is 14.4 Å². The van der Waals surface area contributed by atoms with Crippen molar-refractivity contribution in [2.75, 3.05) is 39.4 Å². The van der Waals surface area contributed by atoms with Crippen molar-refractivity contribution in [1.82, 2.24) is 14.4 Å². The van der Waals surface area contributed by atoms with Gasteiger partial charge >= 0.3 is 0 Å². The molecule has 0 unspecified atom stereocenters. The molecule has 5 heterocycles. The van der Waals surface area contributed by atoms with Crippen molar-refractivity contribution in [2.45, 2.75) is 25.3 Å². The number of fused-ring (bicyclic) bond motifs is 5. The Morgan fingerprint density at radius 1 is 1.00 bits per heavy atom. The van der Waals surface area contributed by atoms with Gasteiger partial charge in [0.2, 0.25) is 11.8 Å². The third-order valence-electron chi connectivity index (χ3n) is 6.90. The van der Waals surface area contributed by atoms with Crippen LogP contribution in [0.15, 0.2) is 23.0 Å². The van der Waals surface area contributed by atoms with E-state index in [0.717, 1.165) is 25.3 Å². The van der Waals surface area contributed by atoms with Crippen LogP contribution in [0.5, 0.6) is 0 Å². The lowest BCUT2D eigenvalue weighted by molar-refractivity contribution is -0.141. The molecule has 7 heteroatoms. The van der Waals surface area contributed by atoms with Gasteiger partial charge in [0.1, 0.15) is 6.04 Å². The number of amides is 2. The van der Waals surface area contributed by atoms with Crippen LogP contribution in [-0.2, 0) is 14.3 Å². The Morgan fingerprint density at radius 2 is 1.70 bits per heavy atom. The zero-order valence-electron chi connectivity index (χ0n) is 15.5. The number of rotatable bonds is 1. The lowest BCUT2D eigenvalue weighted by atomic mass is 9.78. The van der Waals surface area contributed by atoms with Gasteiger partial charge in [0, 0.05) is 68.5 Å². The lowest BCUT2D eigenvalue weighted by Crippen LogP contribution is -2.54. The average Bonchev–Trinajstić information content (AvgIpc) is 3.24. The van der Waals surface area contributed by atoms with E-state index in [1.54, 1.807) is 23.6 Å². The van der Waals surface area contributed by atoms with E-state index in [2.05, 4.69) is 0 Å². The third kappa shape index (κ3) is 2.63. The van der Waals surface area contributed by atoms with Crippen LogP contribution in [0.3, 0.4) is 0 Å². The molecule has 2 amide bonds. The number of carbonyl (C=O) groups excluding carboxylic acids is 2. The van der Waals surface area contributed by atoms with E-state index in [-0.39, 0.29) is 29.2 Å². The topological polar surface area (TPSA) is 71.9 Å². The summed E-state index contributed by atoms with van der Waals surface area (Å²) in [5.41, 5.74) is 0.783. The fourth-order valence-electron chi connectivity index (χ4n) is 5.56. The molecule has 3 saturated heterocycles. The summed E-state index contributed by atoms with van der Waals surface area (Å²) in [6.45, 7) is 5.62. The Kier molecular flexibility index (Phi) is 3.89. The van der Waals surface area contributed by atoms with Crippen molar-refractivity contribution in [1.29, 1.82) is 0 Å². The molecule has 144 valence electrons. The Morgan fingerprint density at radius 3 is 2.41 bits per heavy atom. The van der Waals surface area contributed by atoms with Crippen LogP contribution in [0.1, 0.15) is 31.0 Å². The molecule has 0 aromatic carbocycles. The first-order valence-electron chi connectivity index (χ1n) is 9.86. The van der Waals surface area contributed by atoms with Gasteiger partial charge in [0.05, 0.1) is 13.2 Å². The second-order valence-electron chi connectivity index (χ2n) is 8.52. The van der Waals surface area contributed by atoms with E-state index < -0.39 is 6.04 Å². The Bertz CT molecular complexity index is 838. The van der Waals surface area contributed by atoms with E-state index in [1.165, 1.54) is 0 Å². The summed E-state index contributed by atoms with van der Waals surface area (Å²) < 4.78 is 7.25. The Labute approximate surface area is 157 Å². The van der Waals surface area contributed by atoms with Crippen LogP contribution in [-0.4, -0.2) is 65.6 Å². The molecule has 2 bridgehead atoms. The zero-order valence-corrected chi connectivity index (χ0v) is 15.5. The number of piperidine rings is 1. The minimum Gasteiger partial charge on any atom is -0.381 e. The molecule has 3 fully saturated rings. The average molecular weight is 371 g/mol. The maximum absolute atomic E-state index is 13.5. The summed E-state index contributed by atoms with van der Waals surface area (Å²) in [7, 11) is 0. The highest BCUT2D eigenvalue weighted by molar-refractivity contribution is 5.82. The molecule has 1 aromatic heterocycles. The van der Waals surface area contributed by atoms with Crippen molar-refractivity contribution in [2.24, 2.45) is 17.8 Å². The molecule has 0 saturated carbocycles. The smallest absolute Gasteiger partial charge is 0.251 e. The highest BCUT2D eigenvalue weighted by atomic mass is 16.5. The van der Waals surface area contributed by atoms with Gasteiger partial charge in [-0.1, -0.05) is 6.07 Å². The molecule has 0 aliphatic carbocycles. The van der Waals surface area contributed by atoms with Crippen LogP contribution in [0.25, 0.3) is 0 Å². The van der Waals surface area contributed by atoms with Gasteiger partial charge in [0.25, 0.3) is 5.56 Å². The first-order valence-corrected chi connectivity index (χ1v) is 9.86. The minimum atomic E-state index is -0.508. The maximum atomic E-state index is 13.5. The van der Waals surface area contributed by atoms with E-state index in [0.29, 0.717) is 38.0 Å². The van der Waals surface area contributed by atoms with Gasteiger partial charge in [-0.2, -0.15) is 0 Å². The summed E-state index contributed by atoms with van der Waals surface area (Å²) >= 11 is 0. The van der Waals surface area contributed by atoms with Crippen LogP contribution in [0, 0.1) is 17.8 Å². The zero-order chi connectivity index (χ0) is 18.7. The quantitative estimate of drug-likeness (QED) is 0.719. The molecule has 27 heavy (non-hydrogen) atoms. The van der Waals surface area contributed by atoms with Gasteiger partial charge in [-0.15, -0.1) is 0 Å². The van der Waals surface area contributed by atoms with Crippen molar-refractivity contribution < 1.29 is 14.3 Å². The lowest BCUT2D eigenvalue weighted by Gasteiger charge is -2.46. The second kappa shape index (κ2) is 6.19. The van der Waals surface area contributed by atoms with Crippen molar-refractivity contribution in [3.05, 3.63) is 34.2 Å². The van der Waals surface area contributed by atoms with E-state index in [4.69, 9.17) is 4.74 Å². The standard InChI is InChI=1S/C20H25N3O4/c1-12(24)21-6-13-5-14(7-21)19(23-17(13)3-2-4-18(23)25)20(26)22-8-15-10-27-11-16(15)9-22/h2-4,13-16,19H,5-11H2,1H3/t13-,14+,15-,16+,19-/m1/s1. The molecule has 4 aliphatic rings. The minimum absolute atomic E-state index is 0.00978. The molecule has 5 atom stereocenters. The second-order valence-corrected chi connectivity index (χ2v) is 8.52. The largest absolute Gasteiger partial charge is 0.381 e. The summed E-state index contributed by atoms with van der Waals surface area (Å²) in [6.07, 6.45) is 0.855. The first-order chi connectivity index (χ1) is 13.0. The molecular weight excluding hydrogens is 346 g/mol. The Hall–Kier alpha value is -2.15. The van der Waals surface area contributed by atoms with Gasteiger partial charge < -0.3 is 14.5 Å². The number of carbonyl (C=O) groups is 2. The summed E-state index contributed by atoms with van der Waals surface area (Å²) in [5.74, 6) is 1.01. The van der Waals surface area contributed by atoms with Crippen molar-refractivity contribution in [3.63, 3.8) is 0 Å². The molecule has 0 radical (unpaired) electrons. The third-order valence-corrected chi connectivity index (χ3v) is 6.90. The van der Waals surface area contributed by atoms with Crippen LogP contribution >= 0.6 is 0 Å². The number of hydrogen-bond acceptors (Lipinski definition) is 4. The molecule has 5 rings (SSSR count). The fourth-order valence-corrected chi connectivity index (χ4v) is 5.56. The van der Waals surface area contributed by atoms with Crippen LogP contribution in [0.4, 0.5) is 0 Å². The van der Waals surface area contributed by atoms with Crippen molar-refractivity contribution >= 4 is 11.8 Å². The number of ether oxygens (including phenoxy) is 1. The number of nitrogens with zero attached hydrogens (tertiary/aromatic N) is 3. The fraction of sp³-hybridized carbons (Fsp3) is 0.650. The summed E-state index contributed by atoms with van der Waals surface area (Å²) in [6, 6.07) is 4.74. The highest BCUT2D eigenvalue weighted by Gasteiger charge is 2.48.